The molecule has 3 saturated heterocycles. The third kappa shape index (κ3) is 5.26. The molecule has 1 aromatic rings. The van der Waals surface area contributed by atoms with Crippen LogP contribution in [0.1, 0.15) is 37.9 Å². The molecule has 0 bridgehead atoms. The Balaban J connectivity index is 1.37. The number of hydrogen-bond donors (Lipinski definition) is 1. The monoisotopic (exact) mass is 375 g/mol. The Morgan fingerprint density at radius 3 is 2.56 bits per heavy atom. The van der Waals surface area contributed by atoms with Gasteiger partial charge in [0.25, 0.3) is 0 Å². The van der Waals surface area contributed by atoms with Gasteiger partial charge in [-0.15, -0.1) is 0 Å². The summed E-state index contributed by atoms with van der Waals surface area (Å²) in [6, 6.07) is 4.44. The van der Waals surface area contributed by atoms with Crippen molar-refractivity contribution >= 4 is 5.96 Å². The number of aliphatic imine (C=N–C) groups is 1. The highest BCUT2D eigenvalue weighted by atomic mass is 16.5. The number of nitrogens with one attached hydrogen (secondary N) is 1. The van der Waals surface area contributed by atoms with E-state index in [2.05, 4.69) is 10.2 Å². The molecule has 0 aliphatic carbocycles. The van der Waals surface area contributed by atoms with Crippen molar-refractivity contribution in [2.75, 3.05) is 46.1 Å². The first-order chi connectivity index (χ1) is 13.4. The van der Waals surface area contributed by atoms with Crippen molar-refractivity contribution in [3.05, 3.63) is 24.2 Å². The highest BCUT2D eigenvalue weighted by molar-refractivity contribution is 5.80. The minimum atomic E-state index is 0.475. The molecule has 0 radical (unpaired) electrons. The molecular formula is C21H33N3O3. The Morgan fingerprint density at radius 1 is 1.04 bits per heavy atom. The van der Waals surface area contributed by atoms with Crippen LogP contribution in [0.2, 0.25) is 0 Å². The number of furan rings is 1. The van der Waals surface area contributed by atoms with Crippen molar-refractivity contribution in [2.24, 2.45) is 16.8 Å². The van der Waals surface area contributed by atoms with Gasteiger partial charge in [-0.25, -0.2) is 0 Å². The summed E-state index contributed by atoms with van der Waals surface area (Å²) in [6.07, 6.45) is 8.43. The summed E-state index contributed by atoms with van der Waals surface area (Å²) in [4.78, 5) is 7.44. The smallest absolute Gasteiger partial charge is 0.194 e. The van der Waals surface area contributed by atoms with Gasteiger partial charge in [0.15, 0.2) is 5.96 Å². The predicted molar refractivity (Wildman–Crippen MR) is 105 cm³/mol. The third-order valence-electron chi connectivity index (χ3n) is 6.21. The van der Waals surface area contributed by atoms with Gasteiger partial charge in [-0.1, -0.05) is 0 Å². The molecule has 27 heavy (non-hydrogen) atoms. The average molecular weight is 376 g/mol. The van der Waals surface area contributed by atoms with Crippen molar-refractivity contribution in [1.29, 1.82) is 0 Å². The van der Waals surface area contributed by atoms with E-state index in [-0.39, 0.29) is 0 Å². The summed E-state index contributed by atoms with van der Waals surface area (Å²) in [5.41, 5.74) is 0. The zero-order chi connectivity index (χ0) is 18.3. The summed E-state index contributed by atoms with van der Waals surface area (Å²) in [5.74, 6) is 3.69. The molecular weight excluding hydrogens is 342 g/mol. The second-order valence-corrected chi connectivity index (χ2v) is 8.01. The Labute approximate surface area is 162 Å². The lowest BCUT2D eigenvalue weighted by atomic mass is 9.85. The summed E-state index contributed by atoms with van der Waals surface area (Å²) in [6.45, 7) is 6.57. The lowest BCUT2D eigenvalue weighted by molar-refractivity contribution is 0.0487. The van der Waals surface area contributed by atoms with Crippen LogP contribution in [0, 0.1) is 11.8 Å². The molecule has 0 amide bonds. The van der Waals surface area contributed by atoms with Crippen LogP contribution < -0.4 is 5.32 Å². The van der Waals surface area contributed by atoms with Crippen LogP contribution in [-0.2, 0) is 15.9 Å². The highest BCUT2D eigenvalue weighted by Crippen LogP contribution is 2.31. The van der Waals surface area contributed by atoms with E-state index < -0.39 is 0 Å². The van der Waals surface area contributed by atoms with Gasteiger partial charge >= 0.3 is 0 Å². The Kier molecular flexibility index (Phi) is 6.69. The fraction of sp³-hybridized carbons (Fsp3) is 0.762. The standard InChI is InChI=1S/C21H33N3O3/c1-2-20(27-11-1)3-9-22-21(23-19-7-14-26-15-8-19)24-10-4-18(16-24)17-5-12-25-13-6-17/h1-2,11,17-19H,3-10,12-16H2,(H,22,23). The molecule has 0 aromatic carbocycles. The van der Waals surface area contributed by atoms with E-state index in [1.165, 1.54) is 19.3 Å². The number of hydrogen-bond acceptors (Lipinski definition) is 4. The molecule has 1 atom stereocenters. The first kappa shape index (κ1) is 18.8. The molecule has 1 N–H and O–H groups in total. The van der Waals surface area contributed by atoms with Gasteiger partial charge in [-0.2, -0.15) is 0 Å². The van der Waals surface area contributed by atoms with Crippen LogP contribution in [0.5, 0.6) is 0 Å². The van der Waals surface area contributed by atoms with E-state index in [9.17, 15) is 0 Å². The van der Waals surface area contributed by atoms with E-state index in [4.69, 9.17) is 18.9 Å². The van der Waals surface area contributed by atoms with Gasteiger partial charge in [0, 0.05) is 58.5 Å². The molecule has 1 unspecified atom stereocenters. The van der Waals surface area contributed by atoms with Gasteiger partial charge in [0.05, 0.1) is 6.26 Å². The van der Waals surface area contributed by atoms with Gasteiger partial charge in [0.1, 0.15) is 5.76 Å². The predicted octanol–water partition coefficient (Wildman–Crippen LogP) is 2.70. The van der Waals surface area contributed by atoms with E-state index in [1.54, 1.807) is 6.26 Å². The fourth-order valence-corrected chi connectivity index (χ4v) is 4.54. The topological polar surface area (TPSA) is 59.2 Å². The normalized spacial score (nSPS) is 25.9. The molecule has 6 nitrogen and oxygen atoms in total. The maximum Gasteiger partial charge on any atom is 0.194 e. The van der Waals surface area contributed by atoms with Crippen LogP contribution in [0.4, 0.5) is 0 Å². The average Bonchev–Trinajstić information content (AvgIpc) is 3.41. The molecule has 4 rings (SSSR count). The molecule has 3 aliphatic heterocycles. The third-order valence-corrected chi connectivity index (χ3v) is 6.21. The number of rotatable bonds is 5. The second kappa shape index (κ2) is 9.60. The number of guanidine groups is 1. The first-order valence-corrected chi connectivity index (χ1v) is 10.6. The zero-order valence-electron chi connectivity index (χ0n) is 16.3. The summed E-state index contributed by atoms with van der Waals surface area (Å²) < 4.78 is 16.5. The van der Waals surface area contributed by atoms with Crippen molar-refractivity contribution in [2.45, 2.75) is 44.6 Å². The van der Waals surface area contributed by atoms with Crippen molar-refractivity contribution in [3.63, 3.8) is 0 Å². The summed E-state index contributed by atoms with van der Waals surface area (Å²) in [5, 5.41) is 3.74. The SMILES string of the molecule is c1coc(CCN=C(NC2CCOCC2)N2CCC(C3CCOCC3)C2)c1. The van der Waals surface area contributed by atoms with Gasteiger partial charge < -0.3 is 24.1 Å². The van der Waals surface area contributed by atoms with Crippen LogP contribution >= 0.6 is 0 Å². The quantitative estimate of drug-likeness (QED) is 0.633. The molecule has 6 heteroatoms. The number of likely N-dealkylation sites (tertiary alicyclic amines) is 1. The maximum atomic E-state index is 5.55. The van der Waals surface area contributed by atoms with Gasteiger partial charge in [0.2, 0.25) is 0 Å². The Morgan fingerprint density at radius 2 is 1.81 bits per heavy atom. The summed E-state index contributed by atoms with van der Waals surface area (Å²) in [7, 11) is 0. The second-order valence-electron chi connectivity index (χ2n) is 8.01. The van der Waals surface area contributed by atoms with Crippen LogP contribution in [0.25, 0.3) is 0 Å². The largest absolute Gasteiger partial charge is 0.469 e. The molecule has 3 fully saturated rings. The molecule has 150 valence electrons. The fourth-order valence-electron chi connectivity index (χ4n) is 4.54. The van der Waals surface area contributed by atoms with Crippen LogP contribution in [-0.4, -0.2) is 63.0 Å². The van der Waals surface area contributed by atoms with Crippen LogP contribution in [0.3, 0.4) is 0 Å². The maximum absolute atomic E-state index is 5.55. The lowest BCUT2D eigenvalue weighted by Crippen LogP contribution is -2.47. The molecule has 3 aliphatic rings. The molecule has 4 heterocycles. The Bertz CT molecular complexity index is 578. The number of ether oxygens (including phenoxy) is 2. The van der Waals surface area contributed by atoms with Crippen LogP contribution in [0.15, 0.2) is 27.8 Å². The van der Waals surface area contributed by atoms with E-state index in [0.29, 0.717) is 6.04 Å². The zero-order valence-corrected chi connectivity index (χ0v) is 16.3. The lowest BCUT2D eigenvalue weighted by Gasteiger charge is -2.31. The highest BCUT2D eigenvalue weighted by Gasteiger charge is 2.32. The molecule has 0 spiro atoms. The van der Waals surface area contributed by atoms with E-state index in [0.717, 1.165) is 88.9 Å². The van der Waals surface area contributed by atoms with E-state index >= 15 is 0 Å². The van der Waals surface area contributed by atoms with Gasteiger partial charge in [-0.3, -0.25) is 4.99 Å². The number of nitrogens with zero attached hydrogens (tertiary/aromatic N) is 2. The first-order valence-electron chi connectivity index (χ1n) is 10.6. The van der Waals surface area contributed by atoms with E-state index in [1.807, 2.05) is 12.1 Å². The Hall–Kier alpha value is -1.53. The minimum absolute atomic E-state index is 0.475. The van der Waals surface area contributed by atoms with Crippen molar-refractivity contribution in [3.8, 4) is 0 Å². The molecule has 1 aromatic heterocycles. The summed E-state index contributed by atoms with van der Waals surface area (Å²) >= 11 is 0. The molecule has 0 saturated carbocycles. The van der Waals surface area contributed by atoms with Crippen molar-refractivity contribution < 1.29 is 13.9 Å². The minimum Gasteiger partial charge on any atom is -0.469 e. The van der Waals surface area contributed by atoms with Gasteiger partial charge in [-0.05, 0) is 56.1 Å². The van der Waals surface area contributed by atoms with Crippen molar-refractivity contribution in [1.82, 2.24) is 10.2 Å².